The summed E-state index contributed by atoms with van der Waals surface area (Å²) in [5.41, 5.74) is 4.05. The molecule has 2 saturated heterocycles. The number of anilines is 1. The van der Waals surface area contributed by atoms with Crippen LogP contribution in [0.15, 0.2) is 36.5 Å². The summed E-state index contributed by atoms with van der Waals surface area (Å²) in [6, 6.07) is 9.61. The number of amides is 2. The fourth-order valence-electron chi connectivity index (χ4n) is 5.51. The molecule has 8 heteroatoms. The molecule has 3 heterocycles. The lowest BCUT2D eigenvalue weighted by Crippen LogP contribution is -2.61. The molecule has 8 nitrogen and oxygen atoms in total. The van der Waals surface area contributed by atoms with Gasteiger partial charge in [0.25, 0.3) is 0 Å². The van der Waals surface area contributed by atoms with Crippen molar-refractivity contribution in [1.82, 2.24) is 20.3 Å². The first-order valence-electron chi connectivity index (χ1n) is 11.0. The molecule has 1 aliphatic carbocycles. The van der Waals surface area contributed by atoms with Crippen molar-refractivity contribution in [1.29, 1.82) is 0 Å². The minimum Gasteiger partial charge on any atom is -0.367 e. The maximum Gasteiger partial charge on any atom is 0.248 e. The average Bonchev–Trinajstić information content (AvgIpc) is 3.55. The predicted octanol–water partition coefficient (Wildman–Crippen LogP) is 1.49. The van der Waals surface area contributed by atoms with Gasteiger partial charge in [0.1, 0.15) is 6.04 Å². The van der Waals surface area contributed by atoms with Gasteiger partial charge in [0.2, 0.25) is 11.8 Å². The SMILES string of the molecule is CN1CC2(CC2)C[C@H](C(=O)NO)[C@H]1C(=O)N1CCN(c2ccnc3ccccc23)CC1. The van der Waals surface area contributed by atoms with Gasteiger partial charge in [-0.2, -0.15) is 0 Å². The van der Waals surface area contributed by atoms with Crippen LogP contribution in [0.25, 0.3) is 10.9 Å². The number of piperazine rings is 1. The lowest BCUT2D eigenvalue weighted by atomic mass is 9.80. The molecule has 1 aromatic carbocycles. The van der Waals surface area contributed by atoms with Crippen molar-refractivity contribution in [2.75, 3.05) is 44.7 Å². The van der Waals surface area contributed by atoms with Crippen molar-refractivity contribution in [2.45, 2.75) is 25.3 Å². The van der Waals surface area contributed by atoms with E-state index < -0.39 is 17.9 Å². The summed E-state index contributed by atoms with van der Waals surface area (Å²) >= 11 is 0. The van der Waals surface area contributed by atoms with Crippen molar-refractivity contribution < 1.29 is 14.8 Å². The molecule has 1 spiro atoms. The first kappa shape index (κ1) is 20.2. The molecule has 0 radical (unpaired) electrons. The molecule has 0 bridgehead atoms. The predicted molar refractivity (Wildman–Crippen MR) is 117 cm³/mol. The maximum absolute atomic E-state index is 13.5. The highest BCUT2D eigenvalue weighted by Gasteiger charge is 2.55. The highest BCUT2D eigenvalue weighted by atomic mass is 16.5. The molecule has 2 atom stereocenters. The number of likely N-dealkylation sites (tertiary alicyclic amines) is 1. The molecule has 2 aromatic rings. The zero-order chi connectivity index (χ0) is 21.6. The van der Waals surface area contributed by atoms with Crippen LogP contribution in [0.1, 0.15) is 19.3 Å². The third-order valence-corrected chi connectivity index (χ3v) is 7.31. The minimum atomic E-state index is -0.522. The van der Waals surface area contributed by atoms with Crippen molar-refractivity contribution in [3.8, 4) is 0 Å². The number of hydrogen-bond donors (Lipinski definition) is 2. The third-order valence-electron chi connectivity index (χ3n) is 7.31. The van der Waals surface area contributed by atoms with Gasteiger partial charge < -0.3 is 9.80 Å². The van der Waals surface area contributed by atoms with Crippen LogP contribution in [0.5, 0.6) is 0 Å². The molecule has 31 heavy (non-hydrogen) atoms. The smallest absolute Gasteiger partial charge is 0.248 e. The van der Waals surface area contributed by atoms with Gasteiger partial charge in [-0.15, -0.1) is 0 Å². The highest BCUT2D eigenvalue weighted by molar-refractivity contribution is 5.92. The molecular formula is C23H29N5O3. The Kier molecular flexibility index (Phi) is 5.06. The summed E-state index contributed by atoms with van der Waals surface area (Å²) in [6.07, 6.45) is 4.68. The normalized spacial score (nSPS) is 25.6. The van der Waals surface area contributed by atoms with Gasteiger partial charge in [0.05, 0.1) is 11.4 Å². The van der Waals surface area contributed by atoms with E-state index in [1.807, 2.05) is 47.3 Å². The Bertz CT molecular complexity index is 994. The van der Waals surface area contributed by atoms with Crippen molar-refractivity contribution >= 4 is 28.4 Å². The topological polar surface area (TPSA) is 89.0 Å². The van der Waals surface area contributed by atoms with E-state index in [1.54, 1.807) is 5.48 Å². The van der Waals surface area contributed by atoms with Gasteiger partial charge in [-0.3, -0.25) is 24.7 Å². The van der Waals surface area contributed by atoms with E-state index in [1.165, 1.54) is 0 Å². The van der Waals surface area contributed by atoms with E-state index in [2.05, 4.69) is 16.0 Å². The van der Waals surface area contributed by atoms with Gasteiger partial charge in [0, 0.05) is 50.0 Å². The number of carbonyl (C=O) groups excluding carboxylic acids is 2. The van der Waals surface area contributed by atoms with E-state index in [9.17, 15) is 14.8 Å². The van der Waals surface area contributed by atoms with E-state index in [4.69, 9.17) is 0 Å². The van der Waals surface area contributed by atoms with Crippen molar-refractivity contribution in [3.05, 3.63) is 36.5 Å². The van der Waals surface area contributed by atoms with Gasteiger partial charge in [-0.1, -0.05) is 18.2 Å². The number of hydrogen-bond acceptors (Lipinski definition) is 6. The number of rotatable bonds is 3. The molecule has 2 N–H and O–H groups in total. The maximum atomic E-state index is 13.5. The van der Waals surface area contributed by atoms with Crippen LogP contribution in [0, 0.1) is 11.3 Å². The van der Waals surface area contributed by atoms with Crippen LogP contribution in [-0.4, -0.2) is 77.6 Å². The number of para-hydroxylation sites is 1. The van der Waals surface area contributed by atoms with E-state index in [-0.39, 0.29) is 11.3 Å². The number of piperidine rings is 1. The van der Waals surface area contributed by atoms with Gasteiger partial charge in [-0.25, -0.2) is 5.48 Å². The quantitative estimate of drug-likeness (QED) is 0.574. The van der Waals surface area contributed by atoms with Crippen LogP contribution in [0.2, 0.25) is 0 Å². The molecule has 5 rings (SSSR count). The second-order valence-electron chi connectivity index (χ2n) is 9.31. The zero-order valence-electron chi connectivity index (χ0n) is 17.8. The van der Waals surface area contributed by atoms with E-state index in [0.29, 0.717) is 19.5 Å². The molecule has 3 aliphatic rings. The fourth-order valence-corrected chi connectivity index (χ4v) is 5.51. The molecule has 1 saturated carbocycles. The van der Waals surface area contributed by atoms with Gasteiger partial charge in [0.15, 0.2) is 0 Å². The fraction of sp³-hybridized carbons (Fsp3) is 0.522. The number of benzene rings is 1. The minimum absolute atomic E-state index is 0.00848. The van der Waals surface area contributed by atoms with E-state index >= 15 is 0 Å². The largest absolute Gasteiger partial charge is 0.367 e. The molecular weight excluding hydrogens is 394 g/mol. The van der Waals surface area contributed by atoms with Crippen LogP contribution in [-0.2, 0) is 9.59 Å². The summed E-state index contributed by atoms with van der Waals surface area (Å²) in [5, 5.41) is 10.4. The molecule has 1 aromatic heterocycles. The van der Waals surface area contributed by atoms with Crippen molar-refractivity contribution in [2.24, 2.45) is 11.3 Å². The van der Waals surface area contributed by atoms with Crippen LogP contribution in [0.3, 0.4) is 0 Å². The summed E-state index contributed by atoms with van der Waals surface area (Å²) in [6.45, 7) is 3.52. The van der Waals surface area contributed by atoms with Crippen LogP contribution in [0.4, 0.5) is 5.69 Å². The lowest BCUT2D eigenvalue weighted by Gasteiger charge is -2.45. The Morgan fingerprint density at radius 2 is 1.87 bits per heavy atom. The lowest BCUT2D eigenvalue weighted by molar-refractivity contribution is -0.150. The number of hydroxylamine groups is 1. The number of carbonyl (C=O) groups is 2. The second kappa shape index (κ2) is 7.76. The second-order valence-corrected chi connectivity index (χ2v) is 9.31. The average molecular weight is 424 g/mol. The monoisotopic (exact) mass is 423 g/mol. The summed E-state index contributed by atoms with van der Waals surface area (Å²) in [4.78, 5) is 36.5. The molecule has 2 aliphatic heterocycles. The van der Waals surface area contributed by atoms with Gasteiger partial charge in [-0.05, 0) is 43.9 Å². The number of nitrogens with zero attached hydrogens (tertiary/aromatic N) is 4. The van der Waals surface area contributed by atoms with E-state index in [0.717, 1.165) is 49.1 Å². The number of nitrogens with one attached hydrogen (secondary N) is 1. The zero-order valence-corrected chi connectivity index (χ0v) is 17.8. The van der Waals surface area contributed by atoms with Gasteiger partial charge >= 0.3 is 0 Å². The van der Waals surface area contributed by atoms with Crippen molar-refractivity contribution in [3.63, 3.8) is 0 Å². The number of likely N-dealkylation sites (N-methyl/N-ethyl adjacent to an activating group) is 1. The summed E-state index contributed by atoms with van der Waals surface area (Å²) in [7, 11) is 1.93. The summed E-state index contributed by atoms with van der Waals surface area (Å²) in [5.74, 6) is -0.968. The Labute approximate surface area is 181 Å². The van der Waals surface area contributed by atoms with Crippen LogP contribution < -0.4 is 10.4 Å². The molecule has 164 valence electrons. The standard InChI is InChI=1S/C23H29N5O3/c1-26-15-23(7-8-23)14-17(21(29)25-31)20(26)22(30)28-12-10-27(11-13-28)19-6-9-24-18-5-3-2-4-16(18)19/h2-6,9,17,20,31H,7-8,10-15H2,1H3,(H,25,29)/t17-,20-/m0/s1. The first-order valence-corrected chi connectivity index (χ1v) is 11.0. The summed E-state index contributed by atoms with van der Waals surface area (Å²) < 4.78 is 0. The molecule has 0 unspecified atom stereocenters. The number of aromatic nitrogens is 1. The Morgan fingerprint density at radius 1 is 1.13 bits per heavy atom. The molecule has 3 fully saturated rings. The highest BCUT2D eigenvalue weighted by Crippen LogP contribution is 2.54. The Hall–Kier alpha value is -2.71. The Balaban J connectivity index is 1.30. The Morgan fingerprint density at radius 3 is 2.58 bits per heavy atom. The number of fused-ring (bicyclic) bond motifs is 1. The number of pyridine rings is 1. The first-order chi connectivity index (χ1) is 15.0. The van der Waals surface area contributed by atoms with Crippen LogP contribution >= 0.6 is 0 Å². The molecule has 2 amide bonds. The third kappa shape index (κ3) is 3.64.